The topological polar surface area (TPSA) is 56.0 Å². The molecule has 78 valence electrons. The van der Waals surface area contributed by atoms with Crippen molar-refractivity contribution >= 4 is 5.65 Å². The molecule has 3 aromatic rings. The first-order chi connectivity index (χ1) is 7.84. The van der Waals surface area contributed by atoms with Crippen LogP contribution in [0.15, 0.2) is 36.7 Å². The van der Waals surface area contributed by atoms with Gasteiger partial charge < -0.3 is 0 Å². The molecule has 0 unspecified atom stereocenters. The Morgan fingerprint density at radius 3 is 2.88 bits per heavy atom. The lowest BCUT2D eigenvalue weighted by Gasteiger charge is -1.98. The maximum atomic E-state index is 4.38. The van der Waals surface area contributed by atoms with Crippen molar-refractivity contribution < 1.29 is 0 Å². The monoisotopic (exact) mass is 211 g/mol. The third-order valence-corrected chi connectivity index (χ3v) is 2.32. The van der Waals surface area contributed by atoms with E-state index in [0.717, 1.165) is 16.9 Å². The van der Waals surface area contributed by atoms with Crippen LogP contribution in [0.3, 0.4) is 0 Å². The van der Waals surface area contributed by atoms with Gasteiger partial charge in [-0.05, 0) is 31.2 Å². The fourth-order valence-electron chi connectivity index (χ4n) is 1.56. The van der Waals surface area contributed by atoms with E-state index in [1.165, 1.54) is 0 Å². The Morgan fingerprint density at radius 2 is 2.06 bits per heavy atom. The Labute approximate surface area is 91.8 Å². The SMILES string of the molecule is Cc1ccc2nnc(-c3cccnc3)n2n1. The first-order valence-electron chi connectivity index (χ1n) is 4.94. The largest absolute Gasteiger partial charge is 0.264 e. The van der Waals surface area contributed by atoms with Crippen molar-refractivity contribution in [2.24, 2.45) is 0 Å². The van der Waals surface area contributed by atoms with Crippen LogP contribution in [0.1, 0.15) is 5.69 Å². The van der Waals surface area contributed by atoms with Gasteiger partial charge in [0.1, 0.15) is 0 Å². The highest BCUT2D eigenvalue weighted by Gasteiger charge is 2.08. The van der Waals surface area contributed by atoms with Crippen molar-refractivity contribution in [1.82, 2.24) is 24.8 Å². The molecule has 0 radical (unpaired) electrons. The van der Waals surface area contributed by atoms with Crippen LogP contribution >= 0.6 is 0 Å². The number of fused-ring (bicyclic) bond motifs is 1. The fourth-order valence-corrected chi connectivity index (χ4v) is 1.56. The van der Waals surface area contributed by atoms with Crippen LogP contribution in [0.5, 0.6) is 0 Å². The van der Waals surface area contributed by atoms with Gasteiger partial charge in [0.2, 0.25) is 0 Å². The zero-order chi connectivity index (χ0) is 11.0. The molecule has 5 nitrogen and oxygen atoms in total. The molecule has 0 atom stereocenters. The van der Waals surface area contributed by atoms with Gasteiger partial charge >= 0.3 is 0 Å². The third kappa shape index (κ3) is 1.33. The summed E-state index contributed by atoms with van der Waals surface area (Å²) in [6, 6.07) is 7.62. The van der Waals surface area contributed by atoms with Crippen molar-refractivity contribution in [1.29, 1.82) is 0 Å². The molecular weight excluding hydrogens is 202 g/mol. The van der Waals surface area contributed by atoms with Crippen LogP contribution in [0.2, 0.25) is 0 Å². The summed E-state index contributed by atoms with van der Waals surface area (Å²) in [6.07, 6.45) is 3.48. The highest BCUT2D eigenvalue weighted by Crippen LogP contribution is 2.15. The molecule has 3 heterocycles. The maximum Gasteiger partial charge on any atom is 0.186 e. The molecule has 0 aromatic carbocycles. The number of rotatable bonds is 1. The normalized spacial score (nSPS) is 10.8. The number of pyridine rings is 1. The Morgan fingerprint density at radius 1 is 1.12 bits per heavy atom. The van der Waals surface area contributed by atoms with Gasteiger partial charge in [-0.15, -0.1) is 10.2 Å². The number of hydrogen-bond donors (Lipinski definition) is 0. The van der Waals surface area contributed by atoms with E-state index in [9.17, 15) is 0 Å². The molecule has 0 spiro atoms. The second kappa shape index (κ2) is 3.37. The van der Waals surface area contributed by atoms with Gasteiger partial charge in [0, 0.05) is 18.0 Å². The van der Waals surface area contributed by atoms with Crippen LogP contribution in [0.25, 0.3) is 17.0 Å². The smallest absolute Gasteiger partial charge is 0.186 e. The lowest BCUT2D eigenvalue weighted by molar-refractivity contribution is 0.901. The summed E-state index contributed by atoms with van der Waals surface area (Å²) in [6.45, 7) is 1.94. The molecule has 0 saturated heterocycles. The minimum Gasteiger partial charge on any atom is -0.264 e. The number of aromatic nitrogens is 5. The zero-order valence-corrected chi connectivity index (χ0v) is 8.70. The number of hydrogen-bond acceptors (Lipinski definition) is 4. The Balaban J connectivity index is 2.29. The highest BCUT2D eigenvalue weighted by atomic mass is 15.4. The molecule has 0 aliphatic heterocycles. The lowest BCUT2D eigenvalue weighted by atomic mass is 10.3. The summed E-state index contributed by atoms with van der Waals surface area (Å²) in [7, 11) is 0. The van der Waals surface area contributed by atoms with E-state index >= 15 is 0 Å². The van der Waals surface area contributed by atoms with E-state index in [0.29, 0.717) is 5.82 Å². The summed E-state index contributed by atoms with van der Waals surface area (Å²) in [4.78, 5) is 4.06. The summed E-state index contributed by atoms with van der Waals surface area (Å²) in [5.41, 5.74) is 2.58. The van der Waals surface area contributed by atoms with E-state index < -0.39 is 0 Å². The molecule has 0 aliphatic rings. The van der Waals surface area contributed by atoms with Gasteiger partial charge in [-0.1, -0.05) is 0 Å². The van der Waals surface area contributed by atoms with Crippen molar-refractivity contribution in [2.75, 3.05) is 0 Å². The third-order valence-electron chi connectivity index (χ3n) is 2.32. The first-order valence-corrected chi connectivity index (χ1v) is 4.94. The molecular formula is C11H9N5. The second-order valence-corrected chi connectivity index (χ2v) is 3.51. The van der Waals surface area contributed by atoms with Crippen LogP contribution < -0.4 is 0 Å². The van der Waals surface area contributed by atoms with Crippen molar-refractivity contribution in [3.05, 3.63) is 42.4 Å². The van der Waals surface area contributed by atoms with E-state index in [2.05, 4.69) is 20.3 Å². The minimum absolute atomic E-state index is 0.715. The van der Waals surface area contributed by atoms with Crippen LogP contribution in [-0.2, 0) is 0 Å². The van der Waals surface area contributed by atoms with Crippen molar-refractivity contribution in [3.63, 3.8) is 0 Å². The quantitative estimate of drug-likeness (QED) is 0.612. The molecule has 5 heteroatoms. The average Bonchev–Trinajstić information content (AvgIpc) is 2.73. The molecule has 0 bridgehead atoms. The van der Waals surface area contributed by atoms with Gasteiger partial charge in [0.15, 0.2) is 11.5 Å². The second-order valence-electron chi connectivity index (χ2n) is 3.51. The van der Waals surface area contributed by atoms with Crippen LogP contribution in [0.4, 0.5) is 0 Å². The fraction of sp³-hybridized carbons (Fsp3) is 0.0909. The maximum absolute atomic E-state index is 4.38. The number of aryl methyl sites for hydroxylation is 1. The van der Waals surface area contributed by atoms with Crippen molar-refractivity contribution in [2.45, 2.75) is 6.92 Å². The van der Waals surface area contributed by atoms with Gasteiger partial charge in [0.05, 0.1) is 5.69 Å². The Kier molecular flexibility index (Phi) is 1.89. The van der Waals surface area contributed by atoms with Gasteiger partial charge in [0.25, 0.3) is 0 Å². The summed E-state index contributed by atoms with van der Waals surface area (Å²) in [5, 5.41) is 12.6. The standard InChI is InChI=1S/C11H9N5/c1-8-4-5-10-13-14-11(16(10)15-8)9-3-2-6-12-7-9/h2-7H,1H3. The molecule has 3 aromatic heterocycles. The Hall–Kier alpha value is -2.30. The van der Waals surface area contributed by atoms with Crippen LogP contribution in [-0.4, -0.2) is 24.8 Å². The summed E-state index contributed by atoms with van der Waals surface area (Å²) >= 11 is 0. The van der Waals surface area contributed by atoms with E-state index in [4.69, 9.17) is 0 Å². The average molecular weight is 211 g/mol. The predicted octanol–water partition coefficient (Wildman–Crippen LogP) is 1.49. The lowest BCUT2D eigenvalue weighted by Crippen LogP contribution is -1.96. The molecule has 0 saturated carbocycles. The molecule has 0 aliphatic carbocycles. The molecule has 3 rings (SSSR count). The number of nitrogens with zero attached hydrogens (tertiary/aromatic N) is 5. The first kappa shape index (κ1) is 8.96. The van der Waals surface area contributed by atoms with Gasteiger partial charge in [-0.2, -0.15) is 9.61 Å². The van der Waals surface area contributed by atoms with Gasteiger partial charge in [-0.25, -0.2) is 0 Å². The molecule has 16 heavy (non-hydrogen) atoms. The molecule has 0 amide bonds. The van der Waals surface area contributed by atoms with E-state index in [1.807, 2.05) is 31.2 Å². The Bertz CT molecular complexity index is 629. The van der Waals surface area contributed by atoms with E-state index in [1.54, 1.807) is 16.9 Å². The molecule has 0 N–H and O–H groups in total. The van der Waals surface area contributed by atoms with Crippen molar-refractivity contribution in [3.8, 4) is 11.4 Å². The summed E-state index contributed by atoms with van der Waals surface area (Å²) in [5.74, 6) is 0.715. The highest BCUT2D eigenvalue weighted by molar-refractivity contribution is 5.57. The zero-order valence-electron chi connectivity index (χ0n) is 8.70. The van der Waals surface area contributed by atoms with Crippen LogP contribution in [0, 0.1) is 6.92 Å². The van der Waals surface area contributed by atoms with Gasteiger partial charge in [-0.3, -0.25) is 4.98 Å². The summed E-state index contributed by atoms with van der Waals surface area (Å²) < 4.78 is 1.73. The van der Waals surface area contributed by atoms with E-state index in [-0.39, 0.29) is 0 Å². The minimum atomic E-state index is 0.715. The predicted molar refractivity (Wildman–Crippen MR) is 58.8 cm³/mol. The molecule has 0 fully saturated rings.